The number of imide groups is 1. The summed E-state index contributed by atoms with van der Waals surface area (Å²) in [5.41, 5.74) is 1.18. The maximum absolute atomic E-state index is 12.6. The van der Waals surface area contributed by atoms with Crippen LogP contribution >= 0.6 is 0 Å². The molecule has 2 amide bonds. The van der Waals surface area contributed by atoms with Crippen LogP contribution in [-0.4, -0.2) is 41.8 Å². The standard InChI is InChI=1S/C18H16N2O4/c1-19(2)15(12-8-4-3-5-9-12)18(23)24-20-16(21)13-10-6-7-11-14(13)17(20)22/h3-11,15H,1-2H3. The third-order valence-electron chi connectivity index (χ3n) is 3.79. The predicted molar refractivity (Wildman–Crippen MR) is 85.9 cm³/mol. The molecule has 1 heterocycles. The molecule has 1 atom stereocenters. The van der Waals surface area contributed by atoms with Crippen molar-refractivity contribution >= 4 is 17.8 Å². The molecule has 122 valence electrons. The van der Waals surface area contributed by atoms with Gasteiger partial charge < -0.3 is 4.84 Å². The van der Waals surface area contributed by atoms with Crippen LogP contribution in [0.1, 0.15) is 32.3 Å². The Morgan fingerprint density at radius 2 is 1.42 bits per heavy atom. The van der Waals surface area contributed by atoms with E-state index in [2.05, 4.69) is 0 Å². The number of hydrogen-bond donors (Lipinski definition) is 0. The highest BCUT2D eigenvalue weighted by molar-refractivity contribution is 6.20. The van der Waals surface area contributed by atoms with Crippen LogP contribution < -0.4 is 0 Å². The SMILES string of the molecule is CN(C)C(C(=O)ON1C(=O)c2ccccc2C1=O)c1ccccc1. The summed E-state index contributed by atoms with van der Waals surface area (Å²) >= 11 is 0. The van der Waals surface area contributed by atoms with Gasteiger partial charge in [-0.25, -0.2) is 4.79 Å². The summed E-state index contributed by atoms with van der Waals surface area (Å²) in [6.45, 7) is 0. The third kappa shape index (κ3) is 2.68. The Bertz CT molecular complexity index is 767. The Balaban J connectivity index is 1.84. The van der Waals surface area contributed by atoms with Gasteiger partial charge in [0.15, 0.2) is 0 Å². The van der Waals surface area contributed by atoms with Crippen molar-refractivity contribution in [2.75, 3.05) is 14.1 Å². The number of amides is 2. The van der Waals surface area contributed by atoms with Crippen molar-refractivity contribution in [2.24, 2.45) is 0 Å². The van der Waals surface area contributed by atoms with Gasteiger partial charge in [0, 0.05) is 0 Å². The van der Waals surface area contributed by atoms with Gasteiger partial charge >= 0.3 is 5.97 Å². The molecule has 0 saturated heterocycles. The summed E-state index contributed by atoms with van der Waals surface area (Å²) in [5.74, 6) is -1.95. The molecule has 2 aromatic carbocycles. The van der Waals surface area contributed by atoms with Crippen molar-refractivity contribution in [1.82, 2.24) is 9.96 Å². The molecule has 0 saturated carbocycles. The first-order valence-electron chi connectivity index (χ1n) is 7.41. The van der Waals surface area contributed by atoms with E-state index >= 15 is 0 Å². The maximum atomic E-state index is 12.6. The summed E-state index contributed by atoms with van der Waals surface area (Å²) in [6, 6.07) is 14.7. The molecule has 6 nitrogen and oxygen atoms in total. The zero-order chi connectivity index (χ0) is 17.3. The molecule has 1 unspecified atom stereocenters. The molecule has 1 aliphatic rings. The Hall–Kier alpha value is -2.99. The zero-order valence-corrected chi connectivity index (χ0v) is 13.3. The number of benzene rings is 2. The van der Waals surface area contributed by atoms with Gasteiger partial charge in [-0.2, -0.15) is 0 Å². The van der Waals surface area contributed by atoms with Crippen molar-refractivity contribution in [1.29, 1.82) is 0 Å². The second kappa shape index (κ2) is 6.25. The number of fused-ring (bicyclic) bond motifs is 1. The molecule has 0 aliphatic carbocycles. The zero-order valence-electron chi connectivity index (χ0n) is 13.3. The number of rotatable bonds is 4. The number of carbonyl (C=O) groups is 3. The molecule has 3 rings (SSSR count). The van der Waals surface area contributed by atoms with Gasteiger partial charge in [-0.15, -0.1) is 0 Å². The minimum absolute atomic E-state index is 0.233. The topological polar surface area (TPSA) is 66.9 Å². The molecule has 1 aliphatic heterocycles. The van der Waals surface area contributed by atoms with E-state index in [4.69, 9.17) is 4.84 Å². The van der Waals surface area contributed by atoms with E-state index < -0.39 is 23.8 Å². The maximum Gasteiger partial charge on any atom is 0.354 e. The summed E-state index contributed by atoms with van der Waals surface area (Å²) in [6.07, 6.45) is 0. The molecule has 0 radical (unpaired) electrons. The molecule has 6 heteroatoms. The van der Waals surface area contributed by atoms with Gasteiger partial charge in [-0.1, -0.05) is 47.5 Å². The molecular formula is C18H16N2O4. The normalized spacial score (nSPS) is 14.7. The van der Waals surface area contributed by atoms with Crippen molar-refractivity contribution in [2.45, 2.75) is 6.04 Å². The highest BCUT2D eigenvalue weighted by Crippen LogP contribution is 2.25. The fourth-order valence-electron chi connectivity index (χ4n) is 2.67. The first-order valence-corrected chi connectivity index (χ1v) is 7.41. The number of hydrogen-bond acceptors (Lipinski definition) is 5. The molecule has 2 aromatic rings. The van der Waals surface area contributed by atoms with Crippen LogP contribution in [0.4, 0.5) is 0 Å². The highest BCUT2D eigenvalue weighted by atomic mass is 16.7. The average Bonchev–Trinajstić information content (AvgIpc) is 2.81. The summed E-state index contributed by atoms with van der Waals surface area (Å²) in [7, 11) is 3.45. The Labute approximate surface area is 139 Å². The van der Waals surface area contributed by atoms with Crippen LogP contribution in [0.25, 0.3) is 0 Å². The van der Waals surface area contributed by atoms with Gasteiger partial charge in [0.05, 0.1) is 11.1 Å². The molecule has 0 bridgehead atoms. The van der Waals surface area contributed by atoms with Gasteiger partial charge in [-0.05, 0) is 31.8 Å². The monoisotopic (exact) mass is 324 g/mol. The average molecular weight is 324 g/mol. The van der Waals surface area contributed by atoms with Crippen molar-refractivity contribution in [3.63, 3.8) is 0 Å². The first-order chi connectivity index (χ1) is 11.5. The highest BCUT2D eigenvalue weighted by Gasteiger charge is 2.40. The quantitative estimate of drug-likeness (QED) is 0.805. The molecular weight excluding hydrogens is 308 g/mol. The Morgan fingerprint density at radius 3 is 1.92 bits per heavy atom. The van der Waals surface area contributed by atoms with E-state index in [9.17, 15) is 14.4 Å². The van der Waals surface area contributed by atoms with Crippen LogP contribution in [0, 0.1) is 0 Å². The summed E-state index contributed by atoms with van der Waals surface area (Å²) in [4.78, 5) is 44.0. The summed E-state index contributed by atoms with van der Waals surface area (Å²) < 4.78 is 0. The molecule has 24 heavy (non-hydrogen) atoms. The predicted octanol–water partition coefficient (Wildman–Crippen LogP) is 2.04. The Morgan fingerprint density at radius 1 is 0.917 bits per heavy atom. The molecule has 0 spiro atoms. The second-order valence-electron chi connectivity index (χ2n) is 5.64. The lowest BCUT2D eigenvalue weighted by molar-refractivity contribution is -0.174. The van der Waals surface area contributed by atoms with Gasteiger partial charge in [0.25, 0.3) is 11.8 Å². The van der Waals surface area contributed by atoms with E-state index in [1.807, 2.05) is 6.07 Å². The van der Waals surface area contributed by atoms with E-state index in [1.165, 1.54) is 12.1 Å². The number of carbonyl (C=O) groups excluding carboxylic acids is 3. The second-order valence-corrected chi connectivity index (χ2v) is 5.64. The van der Waals surface area contributed by atoms with Crippen LogP contribution in [0.3, 0.4) is 0 Å². The smallest absolute Gasteiger partial charge is 0.328 e. The van der Waals surface area contributed by atoms with Crippen LogP contribution in [0.2, 0.25) is 0 Å². The molecule has 0 fully saturated rings. The first kappa shape index (κ1) is 15.9. The van der Waals surface area contributed by atoms with Crippen molar-refractivity contribution < 1.29 is 19.2 Å². The van der Waals surface area contributed by atoms with Crippen LogP contribution in [-0.2, 0) is 9.63 Å². The summed E-state index contributed by atoms with van der Waals surface area (Å²) in [5, 5.41) is 0.534. The van der Waals surface area contributed by atoms with E-state index in [1.54, 1.807) is 55.4 Å². The molecule has 0 aromatic heterocycles. The van der Waals surface area contributed by atoms with Crippen molar-refractivity contribution in [3.8, 4) is 0 Å². The van der Waals surface area contributed by atoms with E-state index in [-0.39, 0.29) is 11.1 Å². The van der Waals surface area contributed by atoms with Crippen LogP contribution in [0.15, 0.2) is 54.6 Å². The Kier molecular flexibility index (Phi) is 4.14. The lowest BCUT2D eigenvalue weighted by Gasteiger charge is -2.24. The lowest BCUT2D eigenvalue weighted by atomic mass is 10.1. The minimum Gasteiger partial charge on any atom is -0.328 e. The van der Waals surface area contributed by atoms with E-state index in [0.29, 0.717) is 10.6 Å². The number of nitrogens with zero attached hydrogens (tertiary/aromatic N) is 2. The fourth-order valence-corrected chi connectivity index (χ4v) is 2.67. The van der Waals surface area contributed by atoms with E-state index in [0.717, 1.165) is 0 Å². The van der Waals surface area contributed by atoms with Gasteiger partial charge in [0.2, 0.25) is 0 Å². The lowest BCUT2D eigenvalue weighted by Crippen LogP contribution is -2.38. The number of hydroxylamine groups is 2. The number of likely N-dealkylation sites (N-methyl/N-ethyl adjacent to an activating group) is 1. The van der Waals surface area contributed by atoms with Crippen LogP contribution in [0.5, 0.6) is 0 Å². The van der Waals surface area contributed by atoms with Gasteiger partial charge in [0.1, 0.15) is 6.04 Å². The third-order valence-corrected chi connectivity index (χ3v) is 3.79. The minimum atomic E-state index is -0.726. The van der Waals surface area contributed by atoms with Crippen molar-refractivity contribution in [3.05, 3.63) is 71.3 Å². The fraction of sp³-hybridized carbons (Fsp3) is 0.167. The van der Waals surface area contributed by atoms with Gasteiger partial charge in [-0.3, -0.25) is 14.5 Å². The molecule has 0 N–H and O–H groups in total. The largest absolute Gasteiger partial charge is 0.354 e.